The number of aryl methyl sites for hydroxylation is 2. The number of likely N-dealkylation sites (tertiary alicyclic amines) is 1. The van der Waals surface area contributed by atoms with Crippen molar-refractivity contribution in [1.82, 2.24) is 9.88 Å². The van der Waals surface area contributed by atoms with Crippen molar-refractivity contribution in [3.05, 3.63) is 29.1 Å². The van der Waals surface area contributed by atoms with Crippen molar-refractivity contribution in [3.8, 4) is 0 Å². The summed E-state index contributed by atoms with van der Waals surface area (Å²) >= 11 is 3.49. The van der Waals surface area contributed by atoms with Crippen molar-refractivity contribution in [3.63, 3.8) is 0 Å². The molecule has 1 aromatic rings. The molecule has 1 amide bonds. The first-order valence-corrected chi connectivity index (χ1v) is 8.07. The van der Waals surface area contributed by atoms with Gasteiger partial charge >= 0.3 is 0 Å². The van der Waals surface area contributed by atoms with Gasteiger partial charge in [0.15, 0.2) is 0 Å². The second kappa shape index (κ2) is 6.51. The van der Waals surface area contributed by atoms with Crippen molar-refractivity contribution < 1.29 is 4.79 Å². The predicted octanol–water partition coefficient (Wildman–Crippen LogP) is 3.48. The Morgan fingerprint density at radius 2 is 2.21 bits per heavy atom. The van der Waals surface area contributed by atoms with Crippen LogP contribution in [0, 0.1) is 13.8 Å². The molecule has 1 atom stereocenters. The summed E-state index contributed by atoms with van der Waals surface area (Å²) in [5.41, 5.74) is 2.56. The number of carbonyl (C=O) groups is 1. The van der Waals surface area contributed by atoms with Gasteiger partial charge in [0.2, 0.25) is 0 Å². The van der Waals surface area contributed by atoms with E-state index in [9.17, 15) is 4.79 Å². The second-order valence-electron chi connectivity index (χ2n) is 5.21. The normalized spacial score (nSPS) is 19.5. The molecule has 0 saturated carbocycles. The Labute approximate surface area is 123 Å². The van der Waals surface area contributed by atoms with E-state index in [1.54, 1.807) is 0 Å². The van der Waals surface area contributed by atoms with Crippen LogP contribution < -0.4 is 0 Å². The molecule has 19 heavy (non-hydrogen) atoms. The summed E-state index contributed by atoms with van der Waals surface area (Å²) in [7, 11) is 0. The number of alkyl halides is 1. The molecule has 0 aromatic carbocycles. The molecule has 0 aliphatic carbocycles. The molecule has 104 valence electrons. The minimum Gasteiger partial charge on any atom is -0.336 e. The lowest BCUT2D eigenvalue weighted by Gasteiger charge is -2.36. The molecule has 1 aliphatic heterocycles. The van der Waals surface area contributed by atoms with Crippen LogP contribution in [0.1, 0.15) is 47.4 Å². The van der Waals surface area contributed by atoms with Gasteiger partial charge in [-0.1, -0.05) is 15.9 Å². The van der Waals surface area contributed by atoms with Gasteiger partial charge in [-0.3, -0.25) is 9.78 Å². The van der Waals surface area contributed by atoms with Crippen LogP contribution in [-0.2, 0) is 0 Å². The lowest BCUT2D eigenvalue weighted by Crippen LogP contribution is -2.44. The topological polar surface area (TPSA) is 33.2 Å². The smallest absolute Gasteiger partial charge is 0.255 e. The maximum Gasteiger partial charge on any atom is 0.255 e. The Morgan fingerprint density at radius 3 is 2.89 bits per heavy atom. The molecule has 0 radical (unpaired) electrons. The molecule has 0 bridgehead atoms. The Hall–Kier alpha value is -0.900. The quantitative estimate of drug-likeness (QED) is 0.797. The molecule has 2 heterocycles. The first-order chi connectivity index (χ1) is 9.13. The molecule has 3 nitrogen and oxygen atoms in total. The highest BCUT2D eigenvalue weighted by Crippen LogP contribution is 2.23. The molecule has 1 aliphatic rings. The third-order valence-corrected chi connectivity index (χ3v) is 4.24. The molecule has 2 rings (SSSR count). The van der Waals surface area contributed by atoms with E-state index < -0.39 is 0 Å². The van der Waals surface area contributed by atoms with Gasteiger partial charge < -0.3 is 4.90 Å². The Morgan fingerprint density at radius 1 is 1.42 bits per heavy atom. The van der Waals surface area contributed by atoms with Gasteiger partial charge in [-0.2, -0.15) is 0 Å². The summed E-state index contributed by atoms with van der Waals surface area (Å²) in [5, 5.41) is 0.951. The van der Waals surface area contributed by atoms with Crippen LogP contribution in [0.25, 0.3) is 0 Å². The Kier molecular flexibility index (Phi) is 4.97. The van der Waals surface area contributed by atoms with Crippen LogP contribution in [0.2, 0.25) is 0 Å². The fourth-order valence-electron chi connectivity index (χ4n) is 2.76. The van der Waals surface area contributed by atoms with Gasteiger partial charge in [-0.05, 0) is 51.7 Å². The summed E-state index contributed by atoms with van der Waals surface area (Å²) in [6.07, 6.45) is 4.50. The van der Waals surface area contributed by atoms with E-state index in [4.69, 9.17) is 0 Å². The van der Waals surface area contributed by atoms with Crippen molar-refractivity contribution in [2.75, 3.05) is 11.9 Å². The largest absolute Gasteiger partial charge is 0.336 e. The monoisotopic (exact) mass is 324 g/mol. The van der Waals surface area contributed by atoms with Crippen LogP contribution >= 0.6 is 15.9 Å². The van der Waals surface area contributed by atoms with E-state index >= 15 is 0 Å². The van der Waals surface area contributed by atoms with E-state index in [1.165, 1.54) is 6.42 Å². The fraction of sp³-hybridized carbons (Fsp3) is 0.600. The average molecular weight is 325 g/mol. The molecule has 1 fully saturated rings. The highest BCUT2D eigenvalue weighted by atomic mass is 79.9. The number of nitrogens with zero attached hydrogens (tertiary/aromatic N) is 2. The van der Waals surface area contributed by atoms with Gasteiger partial charge in [-0.25, -0.2) is 0 Å². The third kappa shape index (κ3) is 3.35. The average Bonchev–Trinajstić information content (AvgIpc) is 2.39. The number of amides is 1. The maximum absolute atomic E-state index is 12.7. The van der Waals surface area contributed by atoms with Crippen LogP contribution in [0.5, 0.6) is 0 Å². The van der Waals surface area contributed by atoms with Gasteiger partial charge in [0, 0.05) is 23.6 Å². The standard InChI is InChI=1S/C15H21BrN2O/c1-11-6-7-14(12(2)17-11)15(19)18-10-4-3-5-13(18)8-9-16/h6-7,13H,3-5,8-10H2,1-2H3. The van der Waals surface area contributed by atoms with Crippen molar-refractivity contribution in [1.29, 1.82) is 0 Å². The van der Waals surface area contributed by atoms with E-state index in [2.05, 4.69) is 20.9 Å². The summed E-state index contributed by atoms with van der Waals surface area (Å²) in [6, 6.07) is 4.21. The summed E-state index contributed by atoms with van der Waals surface area (Å²) in [5.74, 6) is 0.149. The molecule has 0 N–H and O–H groups in total. The molecule has 1 saturated heterocycles. The SMILES string of the molecule is Cc1ccc(C(=O)N2CCCCC2CCBr)c(C)n1. The van der Waals surface area contributed by atoms with Crippen molar-refractivity contribution in [2.24, 2.45) is 0 Å². The molecule has 4 heteroatoms. The lowest BCUT2D eigenvalue weighted by atomic mass is 9.98. The Bertz CT molecular complexity index is 459. The number of halogens is 1. The maximum atomic E-state index is 12.7. The molecular formula is C15H21BrN2O. The number of rotatable bonds is 3. The van der Waals surface area contributed by atoms with Crippen molar-refractivity contribution >= 4 is 21.8 Å². The number of aromatic nitrogens is 1. The zero-order chi connectivity index (χ0) is 13.8. The lowest BCUT2D eigenvalue weighted by molar-refractivity contribution is 0.0608. The second-order valence-corrected chi connectivity index (χ2v) is 6.00. The van der Waals surface area contributed by atoms with Gasteiger partial charge in [0.1, 0.15) is 0 Å². The van der Waals surface area contributed by atoms with Gasteiger partial charge in [0.25, 0.3) is 5.91 Å². The van der Waals surface area contributed by atoms with Gasteiger partial charge in [-0.15, -0.1) is 0 Å². The molecule has 1 unspecified atom stereocenters. The van der Waals surface area contributed by atoms with E-state index in [0.717, 1.165) is 48.1 Å². The zero-order valence-electron chi connectivity index (χ0n) is 11.7. The number of hydrogen-bond donors (Lipinski definition) is 0. The molecular weight excluding hydrogens is 304 g/mol. The van der Waals surface area contributed by atoms with Crippen LogP contribution in [-0.4, -0.2) is 33.7 Å². The van der Waals surface area contributed by atoms with Gasteiger partial charge in [0.05, 0.1) is 11.3 Å². The first kappa shape index (κ1) is 14.5. The number of hydrogen-bond acceptors (Lipinski definition) is 2. The minimum atomic E-state index is 0.149. The molecule has 0 spiro atoms. The minimum absolute atomic E-state index is 0.149. The number of carbonyl (C=O) groups excluding carboxylic acids is 1. The fourth-order valence-corrected chi connectivity index (χ4v) is 3.29. The molecule has 1 aromatic heterocycles. The van der Waals surface area contributed by atoms with Crippen LogP contribution in [0.3, 0.4) is 0 Å². The van der Waals surface area contributed by atoms with E-state index in [-0.39, 0.29) is 5.91 Å². The van der Waals surface area contributed by atoms with Crippen LogP contribution in [0.4, 0.5) is 0 Å². The van der Waals surface area contributed by atoms with Crippen molar-refractivity contribution in [2.45, 2.75) is 45.6 Å². The Balaban J connectivity index is 2.21. The van der Waals surface area contributed by atoms with E-state index in [1.807, 2.05) is 30.9 Å². The zero-order valence-corrected chi connectivity index (χ0v) is 13.2. The highest BCUT2D eigenvalue weighted by Gasteiger charge is 2.27. The highest BCUT2D eigenvalue weighted by molar-refractivity contribution is 9.09. The summed E-state index contributed by atoms with van der Waals surface area (Å²) in [6.45, 7) is 4.75. The first-order valence-electron chi connectivity index (χ1n) is 6.94. The third-order valence-electron chi connectivity index (χ3n) is 3.79. The number of piperidine rings is 1. The predicted molar refractivity (Wildman–Crippen MR) is 80.8 cm³/mol. The van der Waals surface area contributed by atoms with Crippen LogP contribution in [0.15, 0.2) is 12.1 Å². The summed E-state index contributed by atoms with van der Waals surface area (Å²) in [4.78, 5) is 19.1. The summed E-state index contributed by atoms with van der Waals surface area (Å²) < 4.78 is 0. The number of pyridine rings is 1. The van der Waals surface area contributed by atoms with E-state index in [0.29, 0.717) is 6.04 Å².